The molecule has 3 nitrogen and oxygen atoms in total. The summed E-state index contributed by atoms with van der Waals surface area (Å²) in [5.41, 5.74) is 1.32. The largest absolute Gasteiger partial charge is 0.331 e. The second-order valence-electron chi connectivity index (χ2n) is 4.33. The summed E-state index contributed by atoms with van der Waals surface area (Å²) < 4.78 is 2.35. The molecule has 1 aromatic heterocycles. The van der Waals surface area contributed by atoms with E-state index < -0.39 is 0 Å². The molecule has 0 aliphatic carbocycles. The van der Waals surface area contributed by atoms with Gasteiger partial charge in [-0.2, -0.15) is 0 Å². The van der Waals surface area contributed by atoms with E-state index in [9.17, 15) is 0 Å². The summed E-state index contributed by atoms with van der Waals surface area (Å²) in [6, 6.07) is 0. The van der Waals surface area contributed by atoms with Gasteiger partial charge in [0, 0.05) is 19.3 Å². The Hall–Kier alpha value is -0.830. The molecule has 0 aromatic carbocycles. The van der Waals surface area contributed by atoms with Crippen LogP contribution >= 0.6 is 0 Å². The SMILES string of the molecule is CCCCCn1c(CNCCC)cnc1C. The van der Waals surface area contributed by atoms with Gasteiger partial charge in [-0.05, 0) is 26.3 Å². The van der Waals surface area contributed by atoms with Crippen molar-refractivity contribution in [3.8, 4) is 0 Å². The Labute approximate surface area is 99.3 Å². The lowest BCUT2D eigenvalue weighted by Crippen LogP contribution is -2.17. The van der Waals surface area contributed by atoms with Gasteiger partial charge in [0.2, 0.25) is 0 Å². The van der Waals surface area contributed by atoms with Crippen molar-refractivity contribution < 1.29 is 0 Å². The number of nitrogens with zero attached hydrogens (tertiary/aromatic N) is 2. The number of hydrogen-bond donors (Lipinski definition) is 1. The predicted octanol–water partition coefficient (Wildman–Crippen LogP) is 2.88. The monoisotopic (exact) mass is 223 g/mol. The summed E-state index contributed by atoms with van der Waals surface area (Å²) in [5, 5.41) is 3.43. The Balaban J connectivity index is 2.48. The van der Waals surface area contributed by atoms with E-state index in [1.807, 2.05) is 6.20 Å². The molecule has 0 aliphatic rings. The number of aromatic nitrogens is 2. The topological polar surface area (TPSA) is 29.9 Å². The molecule has 0 amide bonds. The van der Waals surface area contributed by atoms with Crippen LogP contribution in [0.25, 0.3) is 0 Å². The summed E-state index contributed by atoms with van der Waals surface area (Å²) in [6.07, 6.45) is 7.03. The van der Waals surface area contributed by atoms with E-state index in [4.69, 9.17) is 0 Å². The molecule has 0 saturated carbocycles. The zero-order valence-corrected chi connectivity index (χ0v) is 10.9. The number of hydrogen-bond acceptors (Lipinski definition) is 2. The zero-order chi connectivity index (χ0) is 11.8. The molecule has 0 spiro atoms. The molecule has 92 valence electrons. The fraction of sp³-hybridized carbons (Fsp3) is 0.769. The van der Waals surface area contributed by atoms with E-state index in [0.717, 1.165) is 25.5 Å². The van der Waals surface area contributed by atoms with Crippen LogP contribution in [0.4, 0.5) is 0 Å². The Morgan fingerprint density at radius 1 is 1.25 bits per heavy atom. The molecule has 1 rings (SSSR count). The van der Waals surface area contributed by atoms with Crippen LogP contribution in [-0.2, 0) is 13.1 Å². The van der Waals surface area contributed by atoms with E-state index >= 15 is 0 Å². The fourth-order valence-electron chi connectivity index (χ4n) is 1.87. The fourth-order valence-corrected chi connectivity index (χ4v) is 1.87. The minimum Gasteiger partial charge on any atom is -0.331 e. The molecule has 0 atom stereocenters. The number of imidazole rings is 1. The zero-order valence-electron chi connectivity index (χ0n) is 10.9. The molecule has 16 heavy (non-hydrogen) atoms. The van der Waals surface area contributed by atoms with Gasteiger partial charge in [-0.25, -0.2) is 4.98 Å². The van der Waals surface area contributed by atoms with Gasteiger partial charge in [0.25, 0.3) is 0 Å². The Morgan fingerprint density at radius 3 is 2.75 bits per heavy atom. The lowest BCUT2D eigenvalue weighted by Gasteiger charge is -2.10. The molecule has 0 aliphatic heterocycles. The first-order valence-electron chi connectivity index (χ1n) is 6.51. The van der Waals surface area contributed by atoms with Gasteiger partial charge in [0.15, 0.2) is 0 Å². The second-order valence-corrected chi connectivity index (χ2v) is 4.33. The highest BCUT2D eigenvalue weighted by molar-refractivity contribution is 5.04. The summed E-state index contributed by atoms with van der Waals surface area (Å²) in [7, 11) is 0. The second kappa shape index (κ2) is 7.44. The normalized spacial score (nSPS) is 10.9. The maximum absolute atomic E-state index is 4.40. The van der Waals surface area contributed by atoms with Crippen LogP contribution in [0.1, 0.15) is 51.0 Å². The first-order valence-corrected chi connectivity index (χ1v) is 6.51. The van der Waals surface area contributed by atoms with Crippen molar-refractivity contribution in [1.82, 2.24) is 14.9 Å². The van der Waals surface area contributed by atoms with Gasteiger partial charge in [0.05, 0.1) is 5.69 Å². The third-order valence-corrected chi connectivity index (χ3v) is 2.86. The Morgan fingerprint density at radius 2 is 2.06 bits per heavy atom. The van der Waals surface area contributed by atoms with E-state index in [-0.39, 0.29) is 0 Å². The Kier molecular flexibility index (Phi) is 6.16. The van der Waals surface area contributed by atoms with E-state index in [1.54, 1.807) is 0 Å². The highest BCUT2D eigenvalue weighted by atomic mass is 15.1. The third-order valence-electron chi connectivity index (χ3n) is 2.86. The van der Waals surface area contributed by atoms with Crippen LogP contribution in [-0.4, -0.2) is 16.1 Å². The van der Waals surface area contributed by atoms with Gasteiger partial charge >= 0.3 is 0 Å². The number of rotatable bonds is 8. The highest BCUT2D eigenvalue weighted by Gasteiger charge is 2.05. The maximum atomic E-state index is 4.40. The lowest BCUT2D eigenvalue weighted by molar-refractivity contribution is 0.554. The van der Waals surface area contributed by atoms with Crippen LogP contribution in [0.5, 0.6) is 0 Å². The molecule has 0 saturated heterocycles. The van der Waals surface area contributed by atoms with Gasteiger partial charge in [-0.15, -0.1) is 0 Å². The first kappa shape index (κ1) is 13.2. The van der Waals surface area contributed by atoms with Crippen molar-refractivity contribution >= 4 is 0 Å². The summed E-state index contributed by atoms with van der Waals surface area (Å²) in [4.78, 5) is 4.40. The molecular weight excluding hydrogens is 198 g/mol. The van der Waals surface area contributed by atoms with Gasteiger partial charge in [0.1, 0.15) is 5.82 Å². The van der Waals surface area contributed by atoms with Crippen molar-refractivity contribution in [2.45, 2.75) is 59.5 Å². The van der Waals surface area contributed by atoms with Crippen LogP contribution in [0.2, 0.25) is 0 Å². The van der Waals surface area contributed by atoms with Crippen LogP contribution < -0.4 is 5.32 Å². The molecule has 0 bridgehead atoms. The molecule has 0 unspecified atom stereocenters. The van der Waals surface area contributed by atoms with Crippen molar-refractivity contribution in [3.63, 3.8) is 0 Å². The van der Waals surface area contributed by atoms with Crippen molar-refractivity contribution in [3.05, 3.63) is 17.7 Å². The minimum absolute atomic E-state index is 0.945. The highest BCUT2D eigenvalue weighted by Crippen LogP contribution is 2.07. The lowest BCUT2D eigenvalue weighted by atomic mass is 10.2. The average Bonchev–Trinajstić information content (AvgIpc) is 2.62. The first-order chi connectivity index (χ1) is 7.79. The van der Waals surface area contributed by atoms with Crippen LogP contribution in [0.3, 0.4) is 0 Å². The average molecular weight is 223 g/mol. The molecule has 1 N–H and O–H groups in total. The van der Waals surface area contributed by atoms with Gasteiger partial charge < -0.3 is 9.88 Å². The van der Waals surface area contributed by atoms with Gasteiger partial charge in [-0.1, -0.05) is 26.7 Å². The van der Waals surface area contributed by atoms with E-state index in [1.165, 1.54) is 31.4 Å². The quantitative estimate of drug-likeness (QED) is 0.687. The molecule has 1 heterocycles. The van der Waals surface area contributed by atoms with E-state index in [0.29, 0.717) is 0 Å². The molecule has 3 heteroatoms. The number of nitrogens with one attached hydrogen (secondary N) is 1. The van der Waals surface area contributed by atoms with Crippen molar-refractivity contribution in [1.29, 1.82) is 0 Å². The predicted molar refractivity (Wildman–Crippen MR) is 68.5 cm³/mol. The van der Waals surface area contributed by atoms with Crippen molar-refractivity contribution in [2.24, 2.45) is 0 Å². The molecule has 0 fully saturated rings. The molecule has 0 radical (unpaired) electrons. The van der Waals surface area contributed by atoms with Gasteiger partial charge in [-0.3, -0.25) is 0 Å². The smallest absolute Gasteiger partial charge is 0.105 e. The standard InChI is InChI=1S/C13H25N3/c1-4-6-7-9-16-12(3)15-11-13(16)10-14-8-5-2/h11,14H,4-10H2,1-3H3. The summed E-state index contributed by atoms with van der Waals surface area (Å²) in [6.45, 7) is 9.67. The summed E-state index contributed by atoms with van der Waals surface area (Å²) >= 11 is 0. The van der Waals surface area contributed by atoms with Crippen LogP contribution in [0.15, 0.2) is 6.20 Å². The summed E-state index contributed by atoms with van der Waals surface area (Å²) in [5.74, 6) is 1.14. The molecule has 1 aromatic rings. The number of unbranched alkanes of at least 4 members (excludes halogenated alkanes) is 2. The minimum atomic E-state index is 0.945. The maximum Gasteiger partial charge on any atom is 0.105 e. The van der Waals surface area contributed by atoms with E-state index in [2.05, 4.69) is 35.6 Å². The van der Waals surface area contributed by atoms with Crippen molar-refractivity contribution in [2.75, 3.05) is 6.54 Å². The van der Waals surface area contributed by atoms with Crippen LogP contribution in [0, 0.1) is 6.92 Å². The Bertz CT molecular complexity index is 291. The number of aryl methyl sites for hydroxylation is 1. The third kappa shape index (κ3) is 3.97. The molecular formula is C13H25N3.